The van der Waals surface area contributed by atoms with Crippen LogP contribution in [-0.2, 0) is 19.3 Å². The smallest absolute Gasteiger partial charge is 0.0838 e. The summed E-state index contributed by atoms with van der Waals surface area (Å²) in [6.07, 6.45) is 7.83. The van der Waals surface area contributed by atoms with Crippen LogP contribution in [0.1, 0.15) is 83.9 Å². The van der Waals surface area contributed by atoms with E-state index < -0.39 is 6.10 Å². The van der Waals surface area contributed by atoms with Gasteiger partial charge in [-0.05, 0) is 102 Å². The molecule has 3 nitrogen and oxygen atoms in total. The van der Waals surface area contributed by atoms with E-state index in [9.17, 15) is 5.11 Å². The van der Waals surface area contributed by atoms with Crippen LogP contribution in [0.4, 0.5) is 11.4 Å². The summed E-state index contributed by atoms with van der Waals surface area (Å²) >= 11 is 0. The number of aryl methyl sites for hydroxylation is 1. The van der Waals surface area contributed by atoms with Crippen molar-refractivity contribution in [1.29, 1.82) is 0 Å². The molecule has 3 heteroatoms. The van der Waals surface area contributed by atoms with E-state index in [0.29, 0.717) is 23.7 Å². The molecule has 0 radical (unpaired) electrons. The first-order valence-corrected chi connectivity index (χ1v) is 11.5. The fourth-order valence-corrected chi connectivity index (χ4v) is 6.29. The number of hydrogen-bond acceptors (Lipinski definition) is 3. The molecule has 4 aliphatic carbocycles. The Bertz CT molecular complexity index is 987. The lowest BCUT2D eigenvalue weighted by Gasteiger charge is -2.47. The highest BCUT2D eigenvalue weighted by molar-refractivity contribution is 5.64. The van der Waals surface area contributed by atoms with E-state index in [-0.39, 0.29) is 0 Å². The second kappa shape index (κ2) is 6.25. The van der Waals surface area contributed by atoms with E-state index >= 15 is 0 Å². The summed E-state index contributed by atoms with van der Waals surface area (Å²) < 4.78 is 0. The van der Waals surface area contributed by atoms with Crippen LogP contribution in [0, 0.1) is 17.8 Å². The number of anilines is 2. The first-order chi connectivity index (χ1) is 14.0. The van der Waals surface area contributed by atoms with Gasteiger partial charge in [-0.2, -0.15) is 0 Å². The van der Waals surface area contributed by atoms with Gasteiger partial charge in [-0.15, -0.1) is 0 Å². The van der Waals surface area contributed by atoms with Gasteiger partial charge in [0.1, 0.15) is 0 Å². The van der Waals surface area contributed by atoms with Gasteiger partial charge < -0.3 is 16.6 Å². The third-order valence-corrected chi connectivity index (χ3v) is 8.75. The molecule has 0 aliphatic heterocycles. The average molecular weight is 389 g/mol. The molecule has 0 heterocycles. The Kier molecular flexibility index (Phi) is 3.84. The van der Waals surface area contributed by atoms with Crippen LogP contribution in [0.5, 0.6) is 0 Å². The maximum atomic E-state index is 10.9. The zero-order valence-electron chi connectivity index (χ0n) is 17.3. The summed E-state index contributed by atoms with van der Waals surface area (Å²) in [6.45, 7) is 2.34. The Balaban J connectivity index is 1.13. The molecule has 0 amide bonds. The van der Waals surface area contributed by atoms with Gasteiger partial charge in [-0.3, -0.25) is 0 Å². The number of fused-ring (bicyclic) bond motifs is 2. The summed E-state index contributed by atoms with van der Waals surface area (Å²) in [6, 6.07) is 8.88. The molecular weight excluding hydrogens is 356 g/mol. The lowest BCUT2D eigenvalue weighted by molar-refractivity contribution is 0.0144. The third-order valence-electron chi connectivity index (χ3n) is 8.75. The molecule has 4 aliphatic rings. The van der Waals surface area contributed by atoms with E-state index in [4.69, 9.17) is 11.5 Å². The number of benzene rings is 2. The van der Waals surface area contributed by atoms with Gasteiger partial charge in [-0.25, -0.2) is 0 Å². The molecular formula is C26H32N2O. The number of nitrogen functional groups attached to an aromatic ring is 2. The highest BCUT2D eigenvalue weighted by Crippen LogP contribution is 2.56. The zero-order valence-corrected chi connectivity index (χ0v) is 17.3. The number of hydrogen-bond donors (Lipinski definition) is 3. The summed E-state index contributed by atoms with van der Waals surface area (Å²) in [4.78, 5) is 0. The van der Waals surface area contributed by atoms with Crippen LogP contribution in [0.15, 0.2) is 24.3 Å². The predicted molar refractivity (Wildman–Crippen MR) is 118 cm³/mol. The van der Waals surface area contributed by atoms with E-state index in [1.165, 1.54) is 40.7 Å². The molecule has 2 saturated carbocycles. The zero-order chi connectivity index (χ0) is 19.9. The minimum absolute atomic E-state index is 0.344. The first kappa shape index (κ1) is 17.8. The quantitative estimate of drug-likeness (QED) is 0.640. The summed E-state index contributed by atoms with van der Waals surface area (Å²) in [5.74, 6) is 3.12. The van der Waals surface area contributed by atoms with Gasteiger partial charge in [0.15, 0.2) is 0 Å². The molecule has 2 unspecified atom stereocenters. The Hall–Kier alpha value is -2.00. The highest BCUT2D eigenvalue weighted by Gasteiger charge is 2.45. The second-order valence-corrected chi connectivity index (χ2v) is 10.2. The monoisotopic (exact) mass is 388 g/mol. The van der Waals surface area contributed by atoms with Crippen molar-refractivity contribution in [3.63, 3.8) is 0 Å². The standard InChI is InChI=1S/C26H32N2O/c1-13(14-2-3-14)18-8-9-20-22(12-23(20)24(18)27)16-10-17(11-16)26(29)21-7-5-15-4-6-19(15)25(21)28/h5,7-9,13-14,16-17,22,26,29H,2-4,6,10-12,27-28H2,1H3/t13-,16?,17?,22?,26?/m1/s1. The van der Waals surface area contributed by atoms with Gasteiger partial charge in [0, 0.05) is 16.9 Å². The fourth-order valence-electron chi connectivity index (χ4n) is 6.29. The van der Waals surface area contributed by atoms with Crippen LogP contribution in [0.2, 0.25) is 0 Å². The normalized spacial score (nSPS) is 29.0. The molecule has 0 saturated heterocycles. The molecule has 2 aromatic rings. The third kappa shape index (κ3) is 2.59. The predicted octanol–water partition coefficient (Wildman–Crippen LogP) is 4.86. The van der Waals surface area contributed by atoms with E-state index in [2.05, 4.69) is 31.2 Å². The summed E-state index contributed by atoms with van der Waals surface area (Å²) in [7, 11) is 0. The Morgan fingerprint density at radius 2 is 1.62 bits per heavy atom. The fraction of sp³-hybridized carbons (Fsp3) is 0.538. The number of aliphatic hydroxyl groups is 1. The molecule has 152 valence electrons. The molecule has 6 rings (SSSR count). The van der Waals surface area contributed by atoms with Crippen LogP contribution in [0.25, 0.3) is 0 Å². The lowest BCUT2D eigenvalue weighted by Crippen LogP contribution is -2.38. The molecule has 29 heavy (non-hydrogen) atoms. The molecule has 2 aromatic carbocycles. The van der Waals surface area contributed by atoms with Crippen molar-refractivity contribution in [2.24, 2.45) is 17.8 Å². The van der Waals surface area contributed by atoms with Gasteiger partial charge in [-0.1, -0.05) is 31.2 Å². The molecule has 0 bridgehead atoms. The topological polar surface area (TPSA) is 72.3 Å². The van der Waals surface area contributed by atoms with Crippen LogP contribution in [0.3, 0.4) is 0 Å². The van der Waals surface area contributed by atoms with Crippen molar-refractivity contribution in [1.82, 2.24) is 0 Å². The van der Waals surface area contributed by atoms with Gasteiger partial charge in [0.25, 0.3) is 0 Å². The minimum atomic E-state index is -0.413. The van der Waals surface area contributed by atoms with Gasteiger partial charge in [0.2, 0.25) is 0 Å². The van der Waals surface area contributed by atoms with Crippen LogP contribution >= 0.6 is 0 Å². The van der Waals surface area contributed by atoms with Crippen LogP contribution < -0.4 is 11.5 Å². The number of aliphatic hydroxyl groups excluding tert-OH is 1. The largest absolute Gasteiger partial charge is 0.398 e. The van der Waals surface area contributed by atoms with Crippen molar-refractivity contribution >= 4 is 11.4 Å². The van der Waals surface area contributed by atoms with Crippen molar-refractivity contribution in [2.45, 2.75) is 69.8 Å². The Morgan fingerprint density at radius 1 is 0.897 bits per heavy atom. The van der Waals surface area contributed by atoms with Gasteiger partial charge in [0.05, 0.1) is 6.10 Å². The lowest BCUT2D eigenvalue weighted by atomic mass is 9.58. The molecule has 0 spiro atoms. The molecule has 5 N–H and O–H groups in total. The minimum Gasteiger partial charge on any atom is -0.398 e. The van der Waals surface area contributed by atoms with E-state index in [1.54, 1.807) is 0 Å². The molecule has 3 atom stereocenters. The SMILES string of the molecule is C[C@@H](c1ccc2c(c1N)CC2C1CC(C(O)c2ccc3c(c2N)CC3)C1)C1CC1. The van der Waals surface area contributed by atoms with Crippen molar-refractivity contribution < 1.29 is 5.11 Å². The highest BCUT2D eigenvalue weighted by atomic mass is 16.3. The van der Waals surface area contributed by atoms with Crippen molar-refractivity contribution in [3.8, 4) is 0 Å². The Morgan fingerprint density at radius 3 is 2.31 bits per heavy atom. The summed E-state index contributed by atoms with van der Waals surface area (Å²) in [5, 5.41) is 10.9. The van der Waals surface area contributed by atoms with E-state index in [0.717, 1.165) is 55.0 Å². The number of nitrogens with two attached hydrogens (primary N) is 2. The van der Waals surface area contributed by atoms with Crippen molar-refractivity contribution in [3.05, 3.63) is 57.6 Å². The van der Waals surface area contributed by atoms with E-state index in [1.807, 2.05) is 0 Å². The second-order valence-electron chi connectivity index (χ2n) is 10.2. The van der Waals surface area contributed by atoms with Crippen LogP contribution in [-0.4, -0.2) is 5.11 Å². The molecule has 2 fully saturated rings. The van der Waals surface area contributed by atoms with Crippen molar-refractivity contribution in [2.75, 3.05) is 11.5 Å². The maximum Gasteiger partial charge on any atom is 0.0838 e. The average Bonchev–Trinajstić information content (AvgIpc) is 3.44. The maximum absolute atomic E-state index is 10.9. The first-order valence-electron chi connectivity index (χ1n) is 11.5. The Labute approximate surface area is 173 Å². The summed E-state index contributed by atoms with van der Waals surface area (Å²) in [5.41, 5.74) is 22.7. The van der Waals surface area contributed by atoms with Gasteiger partial charge >= 0.3 is 0 Å². The molecule has 0 aromatic heterocycles. The number of rotatable bonds is 5.